The summed E-state index contributed by atoms with van der Waals surface area (Å²) in [6.07, 6.45) is 0.774. The summed E-state index contributed by atoms with van der Waals surface area (Å²) >= 11 is 0. The molecule has 0 radical (unpaired) electrons. The molecule has 0 fully saturated rings. The molecule has 4 nitrogen and oxygen atoms in total. The van der Waals surface area contributed by atoms with Gasteiger partial charge < -0.3 is 5.11 Å². The van der Waals surface area contributed by atoms with Crippen LogP contribution in [-0.2, 0) is 23.1 Å². The number of aliphatic hydroxyl groups is 1. The Morgan fingerprint density at radius 2 is 1.76 bits per heavy atom. The van der Waals surface area contributed by atoms with Crippen molar-refractivity contribution in [3.63, 3.8) is 0 Å². The number of aliphatic hydroxyl groups excluding tert-OH is 1. The highest BCUT2D eigenvalue weighted by atomic mass is 32.2. The van der Waals surface area contributed by atoms with Crippen LogP contribution in [0.4, 0.5) is 0 Å². The van der Waals surface area contributed by atoms with E-state index in [1.807, 2.05) is 34.6 Å². The number of hydrogen-bond acceptors (Lipinski definition) is 3. The molecule has 0 bridgehead atoms. The van der Waals surface area contributed by atoms with Crippen molar-refractivity contribution in [2.24, 2.45) is 5.92 Å². The van der Waals surface area contributed by atoms with Crippen LogP contribution in [0.3, 0.4) is 0 Å². The normalized spacial score (nSPS) is 12.6. The molecular weight excluding hydrogens is 286 g/mol. The minimum Gasteiger partial charge on any atom is -0.392 e. The van der Waals surface area contributed by atoms with Crippen LogP contribution < -0.4 is 0 Å². The fraction of sp³-hybridized carbons (Fsp3) is 0.625. The van der Waals surface area contributed by atoms with Crippen molar-refractivity contribution >= 4 is 10.0 Å². The van der Waals surface area contributed by atoms with Crippen molar-refractivity contribution in [2.75, 3.05) is 6.54 Å². The van der Waals surface area contributed by atoms with Crippen LogP contribution in [-0.4, -0.2) is 30.4 Å². The lowest BCUT2D eigenvalue weighted by Crippen LogP contribution is -2.39. The molecular formula is C16H27NO3S. The van der Waals surface area contributed by atoms with Gasteiger partial charge in [0.15, 0.2) is 0 Å². The fourth-order valence-electron chi connectivity index (χ4n) is 2.34. The summed E-state index contributed by atoms with van der Waals surface area (Å²) in [7, 11) is -3.53. The first-order chi connectivity index (χ1) is 9.73. The molecule has 1 aromatic rings. The van der Waals surface area contributed by atoms with E-state index in [0.717, 1.165) is 12.0 Å². The predicted molar refractivity (Wildman–Crippen MR) is 85.6 cm³/mol. The average Bonchev–Trinajstić information content (AvgIpc) is 2.43. The van der Waals surface area contributed by atoms with E-state index in [2.05, 4.69) is 0 Å². The summed E-state index contributed by atoms with van der Waals surface area (Å²) in [5.74, 6) is 0.259. The molecule has 0 aromatic heterocycles. The molecule has 0 amide bonds. The van der Waals surface area contributed by atoms with Crippen molar-refractivity contribution in [1.29, 1.82) is 0 Å². The lowest BCUT2D eigenvalue weighted by atomic mass is 10.1. The zero-order chi connectivity index (χ0) is 16.2. The Kier molecular flexibility index (Phi) is 6.38. The van der Waals surface area contributed by atoms with Crippen LogP contribution in [0, 0.1) is 5.92 Å². The van der Waals surface area contributed by atoms with Gasteiger partial charge in [-0.25, -0.2) is 8.42 Å². The molecule has 0 atom stereocenters. The number of aryl methyl sites for hydroxylation is 1. The third-order valence-corrected chi connectivity index (χ3v) is 5.49. The van der Waals surface area contributed by atoms with Gasteiger partial charge in [0.25, 0.3) is 0 Å². The molecule has 0 aliphatic heterocycles. The minimum absolute atomic E-state index is 0.0965. The number of hydrogen-bond donors (Lipinski definition) is 1. The monoisotopic (exact) mass is 313 g/mol. The molecule has 0 spiro atoms. The van der Waals surface area contributed by atoms with Gasteiger partial charge in [0.05, 0.1) is 11.5 Å². The summed E-state index contributed by atoms with van der Waals surface area (Å²) < 4.78 is 27.2. The highest BCUT2D eigenvalue weighted by Crippen LogP contribution is 2.23. The molecule has 0 heterocycles. The van der Waals surface area contributed by atoms with Gasteiger partial charge in [-0.3, -0.25) is 0 Å². The number of sulfonamides is 1. The molecule has 0 unspecified atom stereocenters. The smallest absolute Gasteiger partial charge is 0.243 e. The van der Waals surface area contributed by atoms with E-state index in [9.17, 15) is 13.5 Å². The van der Waals surface area contributed by atoms with Gasteiger partial charge in [-0.2, -0.15) is 4.31 Å². The first-order valence-electron chi connectivity index (χ1n) is 7.48. The van der Waals surface area contributed by atoms with Crippen molar-refractivity contribution in [3.8, 4) is 0 Å². The Bertz CT molecular complexity index is 565. The molecule has 1 aromatic carbocycles. The number of nitrogens with zero attached hydrogens (tertiary/aromatic N) is 1. The molecule has 21 heavy (non-hydrogen) atoms. The standard InChI is InChI=1S/C16H27NO3S/c1-6-14-7-8-16(9-15(14)11-18)21(19,20)17(13(4)5)10-12(2)3/h7-9,12-13,18H,6,10-11H2,1-5H3. The fourth-order valence-corrected chi connectivity index (χ4v) is 4.19. The molecule has 0 saturated heterocycles. The summed E-state index contributed by atoms with van der Waals surface area (Å²) in [5, 5.41) is 9.42. The van der Waals surface area contributed by atoms with Crippen molar-refractivity contribution in [1.82, 2.24) is 4.31 Å². The molecule has 0 aliphatic rings. The van der Waals surface area contributed by atoms with Crippen molar-refractivity contribution < 1.29 is 13.5 Å². The second kappa shape index (κ2) is 7.38. The van der Waals surface area contributed by atoms with Crippen LogP contribution in [0.5, 0.6) is 0 Å². The Balaban J connectivity index is 3.28. The lowest BCUT2D eigenvalue weighted by Gasteiger charge is -2.27. The summed E-state index contributed by atoms with van der Waals surface area (Å²) in [4.78, 5) is 0.262. The topological polar surface area (TPSA) is 57.6 Å². The summed E-state index contributed by atoms with van der Waals surface area (Å²) in [6.45, 7) is 10.1. The summed E-state index contributed by atoms with van der Waals surface area (Å²) in [6, 6.07) is 4.94. The van der Waals surface area contributed by atoms with Gasteiger partial charge in [0.2, 0.25) is 10.0 Å². The largest absolute Gasteiger partial charge is 0.392 e. The zero-order valence-electron chi connectivity index (χ0n) is 13.6. The maximum absolute atomic E-state index is 12.8. The number of benzene rings is 1. The van der Waals surface area contributed by atoms with Gasteiger partial charge in [-0.05, 0) is 49.4 Å². The Labute approximate surface area is 128 Å². The Hall–Kier alpha value is -0.910. The summed E-state index contributed by atoms with van der Waals surface area (Å²) in [5.41, 5.74) is 1.67. The first kappa shape index (κ1) is 18.1. The first-order valence-corrected chi connectivity index (χ1v) is 8.92. The number of rotatable bonds is 7. The van der Waals surface area contributed by atoms with E-state index in [4.69, 9.17) is 0 Å². The average molecular weight is 313 g/mol. The molecule has 5 heteroatoms. The maximum Gasteiger partial charge on any atom is 0.243 e. The molecule has 1 N–H and O–H groups in total. The third-order valence-electron chi connectivity index (χ3n) is 3.46. The van der Waals surface area contributed by atoms with Gasteiger partial charge >= 0.3 is 0 Å². The van der Waals surface area contributed by atoms with E-state index in [1.165, 1.54) is 4.31 Å². The van der Waals surface area contributed by atoms with Gasteiger partial charge in [-0.15, -0.1) is 0 Å². The van der Waals surface area contributed by atoms with E-state index in [0.29, 0.717) is 12.1 Å². The second-order valence-electron chi connectivity index (χ2n) is 6.00. The Morgan fingerprint density at radius 1 is 1.14 bits per heavy atom. The molecule has 1 rings (SSSR count). The van der Waals surface area contributed by atoms with E-state index >= 15 is 0 Å². The second-order valence-corrected chi connectivity index (χ2v) is 7.90. The van der Waals surface area contributed by atoms with E-state index < -0.39 is 10.0 Å². The third kappa shape index (κ3) is 4.28. The van der Waals surface area contributed by atoms with Gasteiger partial charge in [0.1, 0.15) is 0 Å². The highest BCUT2D eigenvalue weighted by Gasteiger charge is 2.28. The van der Waals surface area contributed by atoms with Crippen LogP contribution in [0.25, 0.3) is 0 Å². The minimum atomic E-state index is -3.53. The zero-order valence-corrected chi connectivity index (χ0v) is 14.4. The molecule has 120 valence electrons. The molecule has 0 aliphatic carbocycles. The predicted octanol–water partition coefficient (Wildman–Crippen LogP) is 2.80. The van der Waals surface area contributed by atoms with Gasteiger partial charge in [0, 0.05) is 12.6 Å². The van der Waals surface area contributed by atoms with Crippen LogP contribution >= 0.6 is 0 Å². The van der Waals surface area contributed by atoms with Crippen molar-refractivity contribution in [2.45, 2.75) is 58.6 Å². The van der Waals surface area contributed by atoms with Crippen LogP contribution in [0.2, 0.25) is 0 Å². The Morgan fingerprint density at radius 3 is 2.19 bits per heavy atom. The lowest BCUT2D eigenvalue weighted by molar-refractivity contribution is 0.280. The van der Waals surface area contributed by atoms with Crippen LogP contribution in [0.1, 0.15) is 45.7 Å². The van der Waals surface area contributed by atoms with E-state index in [1.54, 1.807) is 18.2 Å². The maximum atomic E-state index is 12.8. The van der Waals surface area contributed by atoms with Crippen LogP contribution in [0.15, 0.2) is 23.1 Å². The van der Waals surface area contributed by atoms with Gasteiger partial charge in [-0.1, -0.05) is 26.8 Å². The molecule has 0 saturated carbocycles. The quantitative estimate of drug-likeness (QED) is 0.842. The van der Waals surface area contributed by atoms with E-state index in [-0.39, 0.29) is 23.5 Å². The highest BCUT2D eigenvalue weighted by molar-refractivity contribution is 7.89. The van der Waals surface area contributed by atoms with Crippen molar-refractivity contribution in [3.05, 3.63) is 29.3 Å². The SMILES string of the molecule is CCc1ccc(S(=O)(=O)N(CC(C)C)C(C)C)cc1CO.